The molecule has 32 heavy (non-hydrogen) atoms. The molecule has 8 heteroatoms. The van der Waals surface area contributed by atoms with Crippen LogP contribution in [0.15, 0.2) is 53.9 Å². The molecule has 0 atom stereocenters. The first-order valence-electron chi connectivity index (χ1n) is 10.1. The van der Waals surface area contributed by atoms with Gasteiger partial charge in [0.25, 0.3) is 5.91 Å². The molecule has 7 nitrogen and oxygen atoms in total. The lowest BCUT2D eigenvalue weighted by atomic mass is 10.2. The van der Waals surface area contributed by atoms with Gasteiger partial charge in [-0.05, 0) is 44.2 Å². The van der Waals surface area contributed by atoms with Gasteiger partial charge in [-0.1, -0.05) is 18.2 Å². The number of thiazole rings is 1. The molecule has 0 bridgehead atoms. The van der Waals surface area contributed by atoms with Crippen LogP contribution in [0.4, 0.5) is 5.69 Å². The molecule has 0 aliphatic heterocycles. The smallest absolute Gasteiger partial charge is 0.312 e. The van der Waals surface area contributed by atoms with Gasteiger partial charge >= 0.3 is 5.97 Å². The maximum atomic E-state index is 12.7. The minimum absolute atomic E-state index is 0.00984. The van der Waals surface area contributed by atoms with E-state index in [2.05, 4.69) is 4.98 Å². The molecular weight excluding hydrogens is 428 g/mol. The normalized spacial score (nSPS) is 10.7. The number of nitrogens with zero attached hydrogens (tertiary/aromatic N) is 2. The summed E-state index contributed by atoms with van der Waals surface area (Å²) in [4.78, 5) is 31.1. The first kappa shape index (κ1) is 23.3. The second-order valence-corrected chi connectivity index (χ2v) is 8.10. The van der Waals surface area contributed by atoms with Crippen LogP contribution in [0.5, 0.6) is 11.5 Å². The van der Waals surface area contributed by atoms with Crippen molar-refractivity contribution in [3.8, 4) is 22.1 Å². The van der Waals surface area contributed by atoms with Gasteiger partial charge in [-0.15, -0.1) is 11.3 Å². The number of anilines is 1. The second-order valence-electron chi connectivity index (χ2n) is 7.24. The Morgan fingerprint density at radius 1 is 1.03 bits per heavy atom. The number of benzene rings is 2. The number of methoxy groups -OCH3 is 2. The molecule has 0 unspecified atom stereocenters. The van der Waals surface area contributed by atoms with Gasteiger partial charge in [0.2, 0.25) is 0 Å². The maximum absolute atomic E-state index is 12.7. The third kappa shape index (κ3) is 5.64. The zero-order valence-electron chi connectivity index (χ0n) is 18.5. The summed E-state index contributed by atoms with van der Waals surface area (Å²) in [5.74, 6) is 0.461. The Morgan fingerprint density at radius 3 is 2.41 bits per heavy atom. The molecule has 0 fully saturated rings. The highest BCUT2D eigenvalue weighted by Gasteiger charge is 2.21. The predicted octanol–water partition coefficient (Wildman–Crippen LogP) is 4.35. The molecule has 3 aromatic rings. The lowest BCUT2D eigenvalue weighted by Crippen LogP contribution is -2.40. The first-order chi connectivity index (χ1) is 15.4. The van der Waals surface area contributed by atoms with Crippen molar-refractivity contribution in [1.29, 1.82) is 0 Å². The Kier molecular flexibility index (Phi) is 7.83. The van der Waals surface area contributed by atoms with Gasteiger partial charge in [-0.3, -0.25) is 9.59 Å². The maximum Gasteiger partial charge on any atom is 0.312 e. The number of para-hydroxylation sites is 1. The average molecular weight is 455 g/mol. The molecule has 1 heterocycles. The van der Waals surface area contributed by atoms with Crippen molar-refractivity contribution in [2.24, 2.45) is 0 Å². The van der Waals surface area contributed by atoms with Gasteiger partial charge in [0.1, 0.15) is 5.01 Å². The lowest BCUT2D eigenvalue weighted by Gasteiger charge is -2.26. The molecule has 3 rings (SSSR count). The molecule has 0 N–H and O–H groups in total. The highest BCUT2D eigenvalue weighted by atomic mass is 32.1. The molecule has 0 radical (unpaired) electrons. The van der Waals surface area contributed by atoms with E-state index in [-0.39, 0.29) is 25.0 Å². The number of ether oxygens (including phenoxy) is 3. The molecule has 2 aromatic carbocycles. The SMILES string of the molecule is COc1ccc(-c2nc(CC(=O)OCC(=O)N(c3ccccc3)C(C)C)cs2)cc1OC. The molecule has 0 spiro atoms. The zero-order valence-corrected chi connectivity index (χ0v) is 19.3. The van der Waals surface area contributed by atoms with Crippen molar-refractivity contribution in [1.82, 2.24) is 4.98 Å². The van der Waals surface area contributed by atoms with Crippen LogP contribution in [-0.2, 0) is 20.7 Å². The van der Waals surface area contributed by atoms with E-state index in [1.54, 1.807) is 24.5 Å². The largest absolute Gasteiger partial charge is 0.493 e. The summed E-state index contributed by atoms with van der Waals surface area (Å²) < 4.78 is 15.8. The van der Waals surface area contributed by atoms with Crippen LogP contribution >= 0.6 is 11.3 Å². The van der Waals surface area contributed by atoms with Crippen LogP contribution < -0.4 is 14.4 Å². The third-order valence-corrected chi connectivity index (χ3v) is 5.62. The number of amides is 1. The standard InChI is InChI=1S/C24H26N2O5S/c1-16(2)26(19-8-6-5-7-9-19)22(27)14-31-23(28)13-18-15-32-24(25-18)17-10-11-20(29-3)21(12-17)30-4/h5-12,15-16H,13-14H2,1-4H3. The van der Waals surface area contributed by atoms with E-state index in [0.29, 0.717) is 17.2 Å². The van der Waals surface area contributed by atoms with Crippen molar-refractivity contribution < 1.29 is 23.8 Å². The number of esters is 1. The van der Waals surface area contributed by atoms with Crippen LogP contribution in [0.1, 0.15) is 19.5 Å². The molecule has 1 aromatic heterocycles. The molecule has 0 saturated carbocycles. The van der Waals surface area contributed by atoms with Crippen molar-refractivity contribution in [3.05, 3.63) is 59.6 Å². The van der Waals surface area contributed by atoms with Crippen LogP contribution in [0, 0.1) is 0 Å². The molecule has 0 aliphatic carbocycles. The average Bonchev–Trinajstić information content (AvgIpc) is 3.26. The fourth-order valence-corrected chi connectivity index (χ4v) is 4.04. The highest BCUT2D eigenvalue weighted by molar-refractivity contribution is 7.13. The van der Waals surface area contributed by atoms with E-state index in [0.717, 1.165) is 16.3 Å². The lowest BCUT2D eigenvalue weighted by molar-refractivity contribution is -0.147. The summed E-state index contributed by atoms with van der Waals surface area (Å²) in [5.41, 5.74) is 2.21. The monoisotopic (exact) mass is 454 g/mol. The second kappa shape index (κ2) is 10.8. The van der Waals surface area contributed by atoms with E-state index < -0.39 is 5.97 Å². The highest BCUT2D eigenvalue weighted by Crippen LogP contribution is 2.33. The van der Waals surface area contributed by atoms with E-state index in [1.807, 2.05) is 62.4 Å². The van der Waals surface area contributed by atoms with Crippen LogP contribution in [0.3, 0.4) is 0 Å². The topological polar surface area (TPSA) is 78.0 Å². The van der Waals surface area contributed by atoms with Gasteiger partial charge in [-0.2, -0.15) is 0 Å². The van der Waals surface area contributed by atoms with E-state index in [9.17, 15) is 9.59 Å². The molecular formula is C24H26N2O5S. The number of carbonyl (C=O) groups excluding carboxylic acids is 2. The number of rotatable bonds is 9. The summed E-state index contributed by atoms with van der Waals surface area (Å²) in [6.07, 6.45) is -0.00984. The molecule has 1 amide bonds. The number of aromatic nitrogens is 1. The molecule has 0 aliphatic rings. The Hall–Kier alpha value is -3.39. The summed E-state index contributed by atoms with van der Waals surface area (Å²) in [6.45, 7) is 3.51. The fourth-order valence-electron chi connectivity index (χ4n) is 3.22. The van der Waals surface area contributed by atoms with Crippen LogP contribution in [0.25, 0.3) is 10.6 Å². The summed E-state index contributed by atoms with van der Waals surface area (Å²) in [5, 5.41) is 2.55. The summed E-state index contributed by atoms with van der Waals surface area (Å²) >= 11 is 1.42. The van der Waals surface area contributed by atoms with Crippen LogP contribution in [0.2, 0.25) is 0 Å². The Morgan fingerprint density at radius 2 is 1.75 bits per heavy atom. The van der Waals surface area contributed by atoms with Crippen molar-refractivity contribution in [3.63, 3.8) is 0 Å². The number of carbonyl (C=O) groups is 2. The zero-order chi connectivity index (χ0) is 23.1. The van der Waals surface area contributed by atoms with Gasteiger partial charge in [0, 0.05) is 22.7 Å². The van der Waals surface area contributed by atoms with Crippen molar-refractivity contribution >= 4 is 28.9 Å². The minimum Gasteiger partial charge on any atom is -0.493 e. The van der Waals surface area contributed by atoms with E-state index in [4.69, 9.17) is 14.2 Å². The molecule has 168 valence electrons. The van der Waals surface area contributed by atoms with Gasteiger partial charge in [0.15, 0.2) is 18.1 Å². The van der Waals surface area contributed by atoms with Gasteiger partial charge < -0.3 is 19.1 Å². The quantitative estimate of drug-likeness (QED) is 0.447. The van der Waals surface area contributed by atoms with Crippen molar-refractivity contribution in [2.75, 3.05) is 25.7 Å². The molecule has 0 saturated heterocycles. The fraction of sp³-hybridized carbons (Fsp3) is 0.292. The predicted molar refractivity (Wildman–Crippen MR) is 124 cm³/mol. The summed E-state index contributed by atoms with van der Waals surface area (Å²) in [6, 6.07) is 14.8. The third-order valence-electron chi connectivity index (χ3n) is 4.68. The Balaban J connectivity index is 1.60. The Labute approximate surface area is 191 Å². The van der Waals surface area contributed by atoms with Crippen molar-refractivity contribution in [2.45, 2.75) is 26.3 Å². The first-order valence-corrected chi connectivity index (χ1v) is 11.0. The van der Waals surface area contributed by atoms with Crippen LogP contribution in [-0.4, -0.2) is 43.7 Å². The number of hydrogen-bond acceptors (Lipinski definition) is 7. The summed E-state index contributed by atoms with van der Waals surface area (Å²) in [7, 11) is 3.15. The minimum atomic E-state index is -0.501. The van der Waals surface area contributed by atoms with Gasteiger partial charge in [-0.25, -0.2) is 4.98 Å². The van der Waals surface area contributed by atoms with Gasteiger partial charge in [0.05, 0.1) is 26.3 Å². The Bertz CT molecular complexity index is 1070. The van der Waals surface area contributed by atoms with E-state index >= 15 is 0 Å². The van der Waals surface area contributed by atoms with E-state index in [1.165, 1.54) is 11.3 Å². The number of hydrogen-bond donors (Lipinski definition) is 0.